The topological polar surface area (TPSA) is 98.7 Å². The Kier molecular flexibility index (Phi) is 9.01. The second-order valence-electron chi connectivity index (χ2n) is 6.69. The standard InChI is InChI=1S/C17H17ClF2N2.C4H6O4/c18-15-9-16(20)13-4-6-21-7-5-14(13)17(15)22-10-11-2-1-3-12(19)8-11;5-3(6)1-2-4(7)8/h1-3,8-9,21-22H,4-7,10H2;1-2H2,(H,5,6)(H,7,8). The Balaban J connectivity index is 0.000000343. The van der Waals surface area contributed by atoms with E-state index in [9.17, 15) is 18.4 Å². The molecule has 0 saturated carbocycles. The number of hydrogen-bond donors (Lipinski definition) is 4. The van der Waals surface area contributed by atoms with Crippen molar-refractivity contribution in [2.45, 2.75) is 32.2 Å². The molecule has 30 heavy (non-hydrogen) atoms. The molecule has 0 atom stereocenters. The first-order valence-electron chi connectivity index (χ1n) is 9.40. The Hall–Kier alpha value is -2.71. The summed E-state index contributed by atoms with van der Waals surface area (Å²) >= 11 is 6.22. The van der Waals surface area contributed by atoms with Gasteiger partial charge in [-0.25, -0.2) is 8.78 Å². The van der Waals surface area contributed by atoms with E-state index >= 15 is 0 Å². The van der Waals surface area contributed by atoms with E-state index < -0.39 is 11.9 Å². The third kappa shape index (κ3) is 7.27. The number of carboxylic acids is 2. The van der Waals surface area contributed by atoms with E-state index in [0.717, 1.165) is 41.9 Å². The molecule has 2 aromatic rings. The molecule has 3 rings (SSSR count). The lowest BCUT2D eigenvalue weighted by molar-refractivity contribution is -0.143. The normalized spacial score (nSPS) is 12.8. The maximum absolute atomic E-state index is 14.1. The summed E-state index contributed by atoms with van der Waals surface area (Å²) in [7, 11) is 0. The monoisotopic (exact) mass is 440 g/mol. The molecule has 0 unspecified atom stereocenters. The highest BCUT2D eigenvalue weighted by atomic mass is 35.5. The highest BCUT2D eigenvalue weighted by Crippen LogP contribution is 2.33. The minimum atomic E-state index is -1.08. The van der Waals surface area contributed by atoms with Crippen LogP contribution in [-0.2, 0) is 29.0 Å². The molecule has 0 saturated heterocycles. The van der Waals surface area contributed by atoms with Crippen LogP contribution >= 0.6 is 11.6 Å². The predicted molar refractivity (Wildman–Crippen MR) is 110 cm³/mol. The molecule has 0 fully saturated rings. The van der Waals surface area contributed by atoms with Crippen LogP contribution in [0.25, 0.3) is 0 Å². The molecule has 0 aromatic heterocycles. The number of carboxylic acid groups (broad SMARTS) is 2. The number of hydrogen-bond acceptors (Lipinski definition) is 4. The molecule has 9 heteroatoms. The predicted octanol–water partition coefficient (Wildman–Crippen LogP) is 3.85. The van der Waals surface area contributed by atoms with Crippen LogP contribution in [0.4, 0.5) is 14.5 Å². The van der Waals surface area contributed by atoms with Gasteiger partial charge in [-0.2, -0.15) is 0 Å². The second-order valence-corrected chi connectivity index (χ2v) is 7.10. The fourth-order valence-corrected chi connectivity index (χ4v) is 3.33. The van der Waals surface area contributed by atoms with Gasteiger partial charge in [0.15, 0.2) is 0 Å². The van der Waals surface area contributed by atoms with Crippen LogP contribution < -0.4 is 10.6 Å². The van der Waals surface area contributed by atoms with Crippen LogP contribution in [0.15, 0.2) is 30.3 Å². The molecule has 6 nitrogen and oxygen atoms in total. The summed E-state index contributed by atoms with van der Waals surface area (Å²) in [5.74, 6) is -2.67. The van der Waals surface area contributed by atoms with Crippen LogP contribution in [0.3, 0.4) is 0 Å². The number of aliphatic carboxylic acids is 2. The van der Waals surface area contributed by atoms with Gasteiger partial charge in [-0.3, -0.25) is 9.59 Å². The first-order chi connectivity index (χ1) is 14.3. The minimum Gasteiger partial charge on any atom is -0.481 e. The molecule has 2 aromatic carbocycles. The Labute approximate surface area is 177 Å². The van der Waals surface area contributed by atoms with Crippen molar-refractivity contribution in [2.75, 3.05) is 18.4 Å². The molecule has 0 spiro atoms. The van der Waals surface area contributed by atoms with Gasteiger partial charge in [-0.1, -0.05) is 23.7 Å². The van der Waals surface area contributed by atoms with Crippen LogP contribution in [0.2, 0.25) is 5.02 Å². The van der Waals surface area contributed by atoms with E-state index in [-0.39, 0.29) is 24.5 Å². The number of benzene rings is 2. The molecule has 162 valence electrons. The van der Waals surface area contributed by atoms with E-state index in [1.807, 2.05) is 6.07 Å². The molecule has 1 aliphatic heterocycles. The zero-order valence-corrected chi connectivity index (χ0v) is 16.9. The number of anilines is 1. The molecule has 1 aliphatic rings. The summed E-state index contributed by atoms with van der Waals surface area (Å²) in [4.78, 5) is 19.3. The minimum absolute atomic E-state index is 0.250. The Morgan fingerprint density at radius 2 is 1.67 bits per heavy atom. The van der Waals surface area contributed by atoms with Gasteiger partial charge in [-0.05, 0) is 60.8 Å². The lowest BCUT2D eigenvalue weighted by Gasteiger charge is -2.17. The number of nitrogens with one attached hydrogen (secondary N) is 2. The van der Waals surface area contributed by atoms with E-state index in [2.05, 4.69) is 10.6 Å². The SMILES string of the molecule is Fc1cccc(CNc2c(Cl)cc(F)c3c2CCNCC3)c1.O=C(O)CCC(=O)O. The van der Waals surface area contributed by atoms with Gasteiger partial charge in [0.25, 0.3) is 0 Å². The second kappa shape index (κ2) is 11.5. The third-order valence-electron chi connectivity index (χ3n) is 4.46. The molecule has 0 radical (unpaired) electrons. The van der Waals surface area contributed by atoms with Crippen molar-refractivity contribution in [3.8, 4) is 0 Å². The molecule has 1 heterocycles. The highest BCUT2D eigenvalue weighted by Gasteiger charge is 2.19. The van der Waals surface area contributed by atoms with Gasteiger partial charge >= 0.3 is 11.9 Å². The van der Waals surface area contributed by atoms with Crippen LogP contribution in [0, 0.1) is 11.6 Å². The van der Waals surface area contributed by atoms with Crippen molar-refractivity contribution in [3.05, 3.63) is 63.7 Å². The summed E-state index contributed by atoms with van der Waals surface area (Å²) in [6, 6.07) is 7.76. The smallest absolute Gasteiger partial charge is 0.303 e. The van der Waals surface area contributed by atoms with E-state index in [0.29, 0.717) is 18.0 Å². The third-order valence-corrected chi connectivity index (χ3v) is 4.76. The Morgan fingerprint density at radius 1 is 1.03 bits per heavy atom. The van der Waals surface area contributed by atoms with Gasteiger partial charge in [0.05, 0.1) is 23.6 Å². The molecule has 0 amide bonds. The lowest BCUT2D eigenvalue weighted by atomic mass is 10.00. The summed E-state index contributed by atoms with van der Waals surface area (Å²) in [6.45, 7) is 2.00. The summed E-state index contributed by atoms with van der Waals surface area (Å²) in [6.07, 6.45) is 0.774. The average molecular weight is 441 g/mol. The molecular formula is C21H23ClF2N2O4. The molecular weight excluding hydrogens is 418 g/mol. The van der Waals surface area contributed by atoms with Gasteiger partial charge in [0.2, 0.25) is 0 Å². The first kappa shape index (κ1) is 23.6. The van der Waals surface area contributed by atoms with Crippen molar-refractivity contribution in [2.24, 2.45) is 0 Å². The number of carbonyl (C=O) groups is 2. The maximum atomic E-state index is 14.1. The van der Waals surface area contributed by atoms with Gasteiger partial charge in [-0.15, -0.1) is 0 Å². The average Bonchev–Trinajstić information content (AvgIpc) is 2.93. The summed E-state index contributed by atoms with van der Waals surface area (Å²) in [5.41, 5.74) is 3.22. The number of halogens is 3. The fourth-order valence-electron chi connectivity index (χ4n) is 3.05. The quantitative estimate of drug-likeness (QED) is 0.544. The van der Waals surface area contributed by atoms with Crippen LogP contribution in [0.5, 0.6) is 0 Å². The summed E-state index contributed by atoms with van der Waals surface area (Å²) in [5, 5.41) is 22.7. The zero-order chi connectivity index (χ0) is 22.1. The van der Waals surface area contributed by atoms with Crippen molar-refractivity contribution in [1.82, 2.24) is 5.32 Å². The van der Waals surface area contributed by atoms with Crippen molar-refractivity contribution in [3.63, 3.8) is 0 Å². The Morgan fingerprint density at radius 3 is 2.27 bits per heavy atom. The fraction of sp³-hybridized carbons (Fsp3) is 0.333. The van der Waals surface area contributed by atoms with E-state index in [1.165, 1.54) is 18.2 Å². The lowest BCUT2D eigenvalue weighted by Crippen LogP contribution is -2.16. The van der Waals surface area contributed by atoms with Crippen molar-refractivity contribution < 1.29 is 28.6 Å². The highest BCUT2D eigenvalue weighted by molar-refractivity contribution is 6.33. The molecule has 4 N–H and O–H groups in total. The maximum Gasteiger partial charge on any atom is 0.303 e. The van der Waals surface area contributed by atoms with Gasteiger partial charge in [0, 0.05) is 6.54 Å². The largest absolute Gasteiger partial charge is 0.481 e. The van der Waals surface area contributed by atoms with Crippen molar-refractivity contribution in [1.29, 1.82) is 0 Å². The zero-order valence-electron chi connectivity index (χ0n) is 16.2. The molecule has 0 aliphatic carbocycles. The van der Waals surface area contributed by atoms with E-state index in [4.69, 9.17) is 21.8 Å². The Bertz CT molecular complexity index is 895. The van der Waals surface area contributed by atoms with Crippen LogP contribution in [0.1, 0.15) is 29.5 Å². The van der Waals surface area contributed by atoms with Gasteiger partial charge in [0.1, 0.15) is 11.6 Å². The van der Waals surface area contributed by atoms with Gasteiger partial charge < -0.3 is 20.8 Å². The van der Waals surface area contributed by atoms with E-state index in [1.54, 1.807) is 6.07 Å². The number of fused-ring (bicyclic) bond motifs is 1. The molecule has 0 bridgehead atoms. The van der Waals surface area contributed by atoms with Crippen molar-refractivity contribution >= 4 is 29.2 Å². The van der Waals surface area contributed by atoms with Crippen LogP contribution in [-0.4, -0.2) is 35.2 Å². The summed E-state index contributed by atoms with van der Waals surface area (Å²) < 4.78 is 27.4. The first-order valence-corrected chi connectivity index (χ1v) is 9.78. The number of rotatable bonds is 6.